The average Bonchev–Trinajstić information content (AvgIpc) is 3.01. The second-order valence-corrected chi connectivity index (χ2v) is 6.43. The number of hydrogen-bond donors (Lipinski definition) is 2. The molecule has 27 heavy (non-hydrogen) atoms. The van der Waals surface area contributed by atoms with Crippen LogP contribution in [0.4, 0.5) is 11.8 Å². The molecule has 3 aromatic rings. The molecule has 0 spiro atoms. The highest BCUT2D eigenvalue weighted by Crippen LogP contribution is 2.31. The number of nitrogens with zero attached hydrogens (tertiary/aromatic N) is 4. The van der Waals surface area contributed by atoms with Gasteiger partial charge in [0, 0.05) is 13.2 Å². The number of carbonyl (C=O) groups excluding carboxylic acids is 1. The highest BCUT2D eigenvalue weighted by Gasteiger charge is 2.21. The van der Waals surface area contributed by atoms with E-state index < -0.39 is 5.97 Å². The Balaban J connectivity index is 2.19. The first-order valence-electron chi connectivity index (χ1n) is 8.41. The third-order valence-electron chi connectivity index (χ3n) is 4.09. The smallest absolute Gasteiger partial charge is 0.340 e. The van der Waals surface area contributed by atoms with Gasteiger partial charge in [0.25, 0.3) is 0 Å². The van der Waals surface area contributed by atoms with Crippen LogP contribution in [0.1, 0.15) is 28.2 Å². The number of rotatable bonds is 6. The third kappa shape index (κ3) is 3.72. The Hall–Kier alpha value is -2.71. The van der Waals surface area contributed by atoms with Crippen molar-refractivity contribution < 1.29 is 14.6 Å². The third-order valence-corrected chi connectivity index (χ3v) is 4.39. The Morgan fingerprint density at radius 3 is 2.78 bits per heavy atom. The predicted molar refractivity (Wildman–Crippen MR) is 103 cm³/mol. The van der Waals surface area contributed by atoms with Crippen molar-refractivity contribution in [1.82, 2.24) is 19.5 Å². The van der Waals surface area contributed by atoms with Gasteiger partial charge in [-0.05, 0) is 32.4 Å². The van der Waals surface area contributed by atoms with Gasteiger partial charge in [-0.25, -0.2) is 14.8 Å². The van der Waals surface area contributed by atoms with E-state index in [0.717, 1.165) is 11.4 Å². The largest absolute Gasteiger partial charge is 0.465 e. The van der Waals surface area contributed by atoms with Gasteiger partial charge < -0.3 is 19.7 Å². The van der Waals surface area contributed by atoms with Gasteiger partial charge in [0.15, 0.2) is 5.82 Å². The molecular weight excluding hydrogens is 370 g/mol. The normalized spacial score (nSPS) is 11.0. The lowest BCUT2D eigenvalue weighted by atomic mass is 10.2. The quantitative estimate of drug-likeness (QED) is 0.624. The number of methoxy groups -OCH3 is 1. The molecule has 2 aromatic heterocycles. The number of hydrogen-bond acceptors (Lipinski definition) is 7. The van der Waals surface area contributed by atoms with E-state index in [2.05, 4.69) is 20.3 Å². The van der Waals surface area contributed by atoms with E-state index in [1.165, 1.54) is 7.11 Å². The molecule has 0 fully saturated rings. The Kier molecular flexibility index (Phi) is 5.57. The molecular formula is C18H20ClN5O3. The molecule has 8 nitrogen and oxygen atoms in total. The zero-order valence-electron chi connectivity index (χ0n) is 15.3. The zero-order chi connectivity index (χ0) is 19.6. The summed E-state index contributed by atoms with van der Waals surface area (Å²) in [5.74, 6) is 0.523. The van der Waals surface area contributed by atoms with E-state index in [1.54, 1.807) is 22.9 Å². The predicted octanol–water partition coefficient (Wildman–Crippen LogP) is 3.01. The number of aromatic nitrogens is 4. The molecule has 2 N–H and O–H groups in total. The maximum Gasteiger partial charge on any atom is 0.340 e. The van der Waals surface area contributed by atoms with Crippen LogP contribution < -0.4 is 5.32 Å². The summed E-state index contributed by atoms with van der Waals surface area (Å²) in [4.78, 5) is 25.5. The van der Waals surface area contributed by atoms with Gasteiger partial charge in [0.1, 0.15) is 5.52 Å². The fraction of sp³-hybridized carbons (Fsp3) is 0.333. The van der Waals surface area contributed by atoms with Gasteiger partial charge in [0.05, 0.1) is 40.8 Å². The molecule has 0 unspecified atom stereocenters. The maximum atomic E-state index is 12.2. The highest BCUT2D eigenvalue weighted by atomic mass is 35.5. The molecule has 2 heterocycles. The Morgan fingerprint density at radius 2 is 2.11 bits per heavy atom. The molecule has 3 rings (SSSR count). The van der Waals surface area contributed by atoms with E-state index in [-0.39, 0.29) is 6.61 Å². The van der Waals surface area contributed by atoms with Gasteiger partial charge in [-0.1, -0.05) is 11.6 Å². The van der Waals surface area contributed by atoms with Crippen LogP contribution in [0.2, 0.25) is 5.02 Å². The van der Waals surface area contributed by atoms with Crippen molar-refractivity contribution in [2.24, 2.45) is 0 Å². The minimum Gasteiger partial charge on any atom is -0.465 e. The number of aliphatic hydroxyl groups is 1. The van der Waals surface area contributed by atoms with Crippen LogP contribution in [0.5, 0.6) is 0 Å². The van der Waals surface area contributed by atoms with E-state index >= 15 is 0 Å². The van der Waals surface area contributed by atoms with Crippen LogP contribution in [0.15, 0.2) is 18.3 Å². The van der Waals surface area contributed by atoms with Crippen molar-refractivity contribution in [2.75, 3.05) is 19.0 Å². The minimum atomic E-state index is -0.486. The molecule has 0 saturated carbocycles. The molecule has 0 atom stereocenters. The summed E-state index contributed by atoms with van der Waals surface area (Å²) in [6.07, 6.45) is 2.13. The number of aryl methyl sites for hydroxylation is 3. The number of carbonyl (C=O) groups is 1. The molecule has 0 bridgehead atoms. The number of nitrogens with one attached hydrogen (secondary N) is 1. The fourth-order valence-corrected chi connectivity index (χ4v) is 3.04. The Labute approximate surface area is 161 Å². The second kappa shape index (κ2) is 7.89. The van der Waals surface area contributed by atoms with Gasteiger partial charge in [0.2, 0.25) is 5.95 Å². The van der Waals surface area contributed by atoms with Crippen LogP contribution in [-0.2, 0) is 11.3 Å². The topological polar surface area (TPSA) is 102 Å². The summed E-state index contributed by atoms with van der Waals surface area (Å²) in [6, 6.07) is 3.22. The molecule has 1 aromatic carbocycles. The first-order valence-corrected chi connectivity index (χ1v) is 8.79. The zero-order valence-corrected chi connectivity index (χ0v) is 16.0. The van der Waals surface area contributed by atoms with Crippen LogP contribution >= 0.6 is 11.6 Å². The number of fused-ring (bicyclic) bond motifs is 1. The number of esters is 1. The van der Waals surface area contributed by atoms with Crippen molar-refractivity contribution in [1.29, 1.82) is 0 Å². The SMILES string of the molecule is COC(=O)c1ccc(Cl)c2nc(Nc3ncc(C)nc3C)n(CCCO)c12. The van der Waals surface area contributed by atoms with Gasteiger partial charge in [-0.3, -0.25) is 4.98 Å². The van der Waals surface area contributed by atoms with E-state index in [1.807, 2.05) is 13.8 Å². The Morgan fingerprint density at radius 1 is 1.33 bits per heavy atom. The van der Waals surface area contributed by atoms with Crippen molar-refractivity contribution in [3.63, 3.8) is 0 Å². The van der Waals surface area contributed by atoms with Crippen LogP contribution in [0.25, 0.3) is 11.0 Å². The van der Waals surface area contributed by atoms with Gasteiger partial charge in [-0.15, -0.1) is 0 Å². The van der Waals surface area contributed by atoms with Gasteiger partial charge >= 0.3 is 5.97 Å². The van der Waals surface area contributed by atoms with Crippen molar-refractivity contribution in [3.8, 4) is 0 Å². The molecule has 0 radical (unpaired) electrons. The molecule has 9 heteroatoms. The van der Waals surface area contributed by atoms with Crippen molar-refractivity contribution in [2.45, 2.75) is 26.8 Å². The summed E-state index contributed by atoms with van der Waals surface area (Å²) >= 11 is 6.32. The van der Waals surface area contributed by atoms with E-state index in [0.29, 0.717) is 46.4 Å². The lowest BCUT2D eigenvalue weighted by molar-refractivity contribution is 0.0602. The molecule has 0 aliphatic carbocycles. The molecule has 0 saturated heterocycles. The first-order chi connectivity index (χ1) is 13.0. The molecule has 0 aliphatic rings. The summed E-state index contributed by atoms with van der Waals surface area (Å²) in [5, 5.41) is 12.9. The fourth-order valence-electron chi connectivity index (χ4n) is 2.85. The lowest BCUT2D eigenvalue weighted by Gasteiger charge is -2.12. The number of imidazole rings is 1. The minimum absolute atomic E-state index is 0.00337. The number of ether oxygens (including phenoxy) is 1. The lowest BCUT2D eigenvalue weighted by Crippen LogP contribution is -2.10. The average molecular weight is 390 g/mol. The van der Waals surface area contributed by atoms with Crippen molar-refractivity contribution >= 4 is 40.4 Å². The highest BCUT2D eigenvalue weighted by molar-refractivity contribution is 6.35. The molecule has 0 amide bonds. The summed E-state index contributed by atoms with van der Waals surface area (Å²) in [7, 11) is 1.32. The molecule has 0 aliphatic heterocycles. The number of anilines is 2. The second-order valence-electron chi connectivity index (χ2n) is 6.02. The van der Waals surface area contributed by atoms with Crippen molar-refractivity contribution in [3.05, 3.63) is 40.3 Å². The summed E-state index contributed by atoms with van der Waals surface area (Å²) < 4.78 is 6.68. The van der Waals surface area contributed by atoms with Gasteiger partial charge in [-0.2, -0.15) is 0 Å². The van der Waals surface area contributed by atoms with E-state index in [9.17, 15) is 9.90 Å². The summed E-state index contributed by atoms with van der Waals surface area (Å²) in [5.41, 5.74) is 2.89. The summed E-state index contributed by atoms with van der Waals surface area (Å²) in [6.45, 7) is 4.13. The number of halogens is 1. The van der Waals surface area contributed by atoms with Crippen LogP contribution in [-0.4, -0.2) is 44.3 Å². The molecule has 142 valence electrons. The van der Waals surface area contributed by atoms with Crippen LogP contribution in [0, 0.1) is 13.8 Å². The Bertz CT molecular complexity index is 1000. The van der Waals surface area contributed by atoms with Crippen LogP contribution in [0.3, 0.4) is 0 Å². The van der Waals surface area contributed by atoms with E-state index in [4.69, 9.17) is 16.3 Å². The monoisotopic (exact) mass is 389 g/mol. The number of aliphatic hydroxyl groups excluding tert-OH is 1. The standard InChI is InChI=1S/C18H20ClN5O3/c1-10-9-20-16(11(2)21-10)23-18-22-14-13(19)6-5-12(17(26)27-3)15(14)24(18)7-4-8-25/h5-6,9,25H,4,7-8H2,1-3H3,(H,20,22,23). The maximum absolute atomic E-state index is 12.2. The number of benzene rings is 1. The first kappa shape index (κ1) is 19.1.